The Kier molecular flexibility index (Phi) is 4.42. The Balaban J connectivity index is 1.44. The summed E-state index contributed by atoms with van der Waals surface area (Å²) in [6.07, 6.45) is 12.8. The molecule has 0 radical (unpaired) electrons. The molecule has 116 valence electrons. The zero-order chi connectivity index (χ0) is 14.2. The maximum atomic E-state index is 3.93. The van der Waals surface area contributed by atoms with Crippen LogP contribution in [0.15, 0.2) is 0 Å². The normalized spacial score (nSPS) is 41.5. The van der Waals surface area contributed by atoms with Gasteiger partial charge in [-0.15, -0.1) is 0 Å². The van der Waals surface area contributed by atoms with E-state index in [0.717, 1.165) is 24.0 Å². The maximum absolute atomic E-state index is 3.93. The molecule has 1 N–H and O–H groups in total. The van der Waals surface area contributed by atoms with Gasteiger partial charge in [0.25, 0.3) is 0 Å². The van der Waals surface area contributed by atoms with Crippen LogP contribution in [0.25, 0.3) is 0 Å². The third-order valence-electron chi connectivity index (χ3n) is 6.47. The molecule has 2 bridgehead atoms. The molecule has 3 fully saturated rings. The van der Waals surface area contributed by atoms with Crippen molar-refractivity contribution in [2.24, 2.45) is 11.3 Å². The third-order valence-corrected chi connectivity index (χ3v) is 6.47. The van der Waals surface area contributed by atoms with E-state index in [-0.39, 0.29) is 0 Å². The van der Waals surface area contributed by atoms with E-state index in [9.17, 15) is 0 Å². The predicted octanol–water partition coefficient (Wildman–Crippen LogP) is 3.81. The Bertz CT molecular complexity index is 311. The van der Waals surface area contributed by atoms with Crippen LogP contribution in [0.5, 0.6) is 0 Å². The fraction of sp³-hybridized carbons (Fsp3) is 1.00. The third kappa shape index (κ3) is 3.39. The first-order valence-corrected chi connectivity index (χ1v) is 8.99. The summed E-state index contributed by atoms with van der Waals surface area (Å²) in [7, 11) is 2.35. The monoisotopic (exact) mass is 278 g/mol. The van der Waals surface area contributed by atoms with Gasteiger partial charge in [-0.2, -0.15) is 0 Å². The molecule has 3 rings (SSSR count). The number of hydrogen-bond acceptors (Lipinski definition) is 2. The summed E-state index contributed by atoms with van der Waals surface area (Å²) in [5, 5.41) is 3.93. The van der Waals surface area contributed by atoms with E-state index in [4.69, 9.17) is 0 Å². The van der Waals surface area contributed by atoms with Crippen LogP contribution in [-0.4, -0.2) is 36.6 Å². The highest BCUT2D eigenvalue weighted by Crippen LogP contribution is 2.37. The molecule has 2 heteroatoms. The van der Waals surface area contributed by atoms with Crippen molar-refractivity contribution in [2.45, 2.75) is 89.8 Å². The fourth-order valence-corrected chi connectivity index (χ4v) is 4.89. The van der Waals surface area contributed by atoms with E-state index < -0.39 is 0 Å². The molecule has 3 aliphatic rings. The lowest BCUT2D eigenvalue weighted by Crippen LogP contribution is -2.44. The molecule has 2 nitrogen and oxygen atoms in total. The molecule has 0 amide bonds. The van der Waals surface area contributed by atoms with Crippen LogP contribution in [-0.2, 0) is 0 Å². The summed E-state index contributed by atoms with van der Waals surface area (Å²) >= 11 is 0. The summed E-state index contributed by atoms with van der Waals surface area (Å²) in [4.78, 5) is 2.66. The molecule has 3 unspecified atom stereocenters. The molecule has 0 spiro atoms. The van der Waals surface area contributed by atoms with Gasteiger partial charge in [-0.25, -0.2) is 0 Å². The van der Waals surface area contributed by atoms with Crippen molar-refractivity contribution in [1.82, 2.24) is 10.2 Å². The molecule has 2 heterocycles. The quantitative estimate of drug-likeness (QED) is 0.790. The average molecular weight is 278 g/mol. The number of nitrogens with zero attached hydrogens (tertiary/aromatic N) is 1. The summed E-state index contributed by atoms with van der Waals surface area (Å²) in [5.41, 5.74) is 0.586. The molecule has 3 atom stereocenters. The second-order valence-corrected chi connectivity index (χ2v) is 8.59. The van der Waals surface area contributed by atoms with Gasteiger partial charge < -0.3 is 10.2 Å². The van der Waals surface area contributed by atoms with Gasteiger partial charge in [-0.05, 0) is 76.3 Å². The molecule has 1 aliphatic carbocycles. The van der Waals surface area contributed by atoms with Gasteiger partial charge in [0.15, 0.2) is 0 Å². The molecule has 2 saturated heterocycles. The maximum Gasteiger partial charge on any atom is 0.00988 e. The fourth-order valence-electron chi connectivity index (χ4n) is 4.89. The van der Waals surface area contributed by atoms with Gasteiger partial charge in [-0.1, -0.05) is 20.3 Å². The summed E-state index contributed by atoms with van der Waals surface area (Å²) in [6, 6.07) is 2.59. The molecule has 20 heavy (non-hydrogen) atoms. The topological polar surface area (TPSA) is 15.3 Å². The molecule has 1 saturated carbocycles. The molecule has 0 aromatic heterocycles. The van der Waals surface area contributed by atoms with Crippen molar-refractivity contribution in [3.05, 3.63) is 0 Å². The summed E-state index contributed by atoms with van der Waals surface area (Å²) in [5.74, 6) is 0.944. The number of nitrogens with one attached hydrogen (secondary N) is 1. The number of piperidine rings is 1. The van der Waals surface area contributed by atoms with Crippen LogP contribution < -0.4 is 5.32 Å². The van der Waals surface area contributed by atoms with Crippen molar-refractivity contribution < 1.29 is 0 Å². The number of hydrogen-bond donors (Lipinski definition) is 1. The molecule has 0 aromatic carbocycles. The number of fused-ring (bicyclic) bond motifs is 2. The van der Waals surface area contributed by atoms with Gasteiger partial charge in [0, 0.05) is 18.1 Å². The van der Waals surface area contributed by atoms with Crippen molar-refractivity contribution >= 4 is 0 Å². The van der Waals surface area contributed by atoms with Crippen LogP contribution in [0.1, 0.15) is 71.6 Å². The summed E-state index contributed by atoms with van der Waals surface area (Å²) < 4.78 is 0. The predicted molar refractivity (Wildman–Crippen MR) is 86.0 cm³/mol. The largest absolute Gasteiger partial charge is 0.314 e. The zero-order valence-electron chi connectivity index (χ0n) is 13.8. The Labute approximate surface area is 125 Å². The van der Waals surface area contributed by atoms with Crippen LogP contribution in [0.2, 0.25) is 0 Å². The van der Waals surface area contributed by atoms with Crippen LogP contribution >= 0.6 is 0 Å². The Hall–Kier alpha value is -0.0800. The SMILES string of the molecule is CN1C2CCC1CC(CNC1CCCC(C)(C)CC1)C2. The highest BCUT2D eigenvalue weighted by atomic mass is 15.2. The van der Waals surface area contributed by atoms with E-state index in [0.29, 0.717) is 5.41 Å². The van der Waals surface area contributed by atoms with Crippen LogP contribution in [0.4, 0.5) is 0 Å². The van der Waals surface area contributed by atoms with E-state index in [1.54, 1.807) is 0 Å². The second-order valence-electron chi connectivity index (χ2n) is 8.59. The van der Waals surface area contributed by atoms with E-state index >= 15 is 0 Å². The average Bonchev–Trinajstić information content (AvgIpc) is 2.60. The molecular weight excluding hydrogens is 244 g/mol. The van der Waals surface area contributed by atoms with Crippen molar-refractivity contribution in [3.8, 4) is 0 Å². The van der Waals surface area contributed by atoms with Crippen molar-refractivity contribution in [3.63, 3.8) is 0 Å². The van der Waals surface area contributed by atoms with E-state index in [1.807, 2.05) is 0 Å². The number of rotatable bonds is 3. The van der Waals surface area contributed by atoms with Crippen molar-refractivity contribution in [2.75, 3.05) is 13.6 Å². The lowest BCUT2D eigenvalue weighted by atomic mass is 9.85. The van der Waals surface area contributed by atoms with E-state index in [1.165, 1.54) is 64.3 Å². The van der Waals surface area contributed by atoms with Crippen LogP contribution in [0, 0.1) is 11.3 Å². The van der Waals surface area contributed by atoms with Gasteiger partial charge in [0.05, 0.1) is 0 Å². The first-order chi connectivity index (χ1) is 9.53. The zero-order valence-corrected chi connectivity index (χ0v) is 13.8. The highest BCUT2D eigenvalue weighted by Gasteiger charge is 2.38. The highest BCUT2D eigenvalue weighted by molar-refractivity contribution is 4.94. The first-order valence-electron chi connectivity index (χ1n) is 8.99. The minimum Gasteiger partial charge on any atom is -0.314 e. The molecular formula is C18H34N2. The van der Waals surface area contributed by atoms with Crippen LogP contribution in [0.3, 0.4) is 0 Å². The molecule has 2 aliphatic heterocycles. The lowest BCUT2D eigenvalue weighted by molar-refractivity contribution is 0.130. The van der Waals surface area contributed by atoms with Gasteiger partial charge in [0.2, 0.25) is 0 Å². The van der Waals surface area contributed by atoms with Gasteiger partial charge >= 0.3 is 0 Å². The second kappa shape index (κ2) is 5.96. The Morgan fingerprint density at radius 3 is 2.40 bits per heavy atom. The minimum atomic E-state index is 0.586. The first kappa shape index (κ1) is 14.8. The van der Waals surface area contributed by atoms with Gasteiger partial charge in [0.1, 0.15) is 0 Å². The smallest absolute Gasteiger partial charge is 0.00988 e. The molecule has 0 aromatic rings. The Morgan fingerprint density at radius 2 is 1.70 bits per heavy atom. The minimum absolute atomic E-state index is 0.586. The van der Waals surface area contributed by atoms with E-state index in [2.05, 4.69) is 31.1 Å². The Morgan fingerprint density at radius 1 is 1.00 bits per heavy atom. The summed E-state index contributed by atoms with van der Waals surface area (Å²) in [6.45, 7) is 6.18. The van der Waals surface area contributed by atoms with Gasteiger partial charge in [-0.3, -0.25) is 0 Å². The lowest BCUT2D eigenvalue weighted by Gasteiger charge is -2.37. The van der Waals surface area contributed by atoms with Crippen molar-refractivity contribution in [1.29, 1.82) is 0 Å². The standard InChI is InChI=1S/C18H34N2/c1-18(2)9-4-5-15(8-10-18)19-13-14-11-16-6-7-17(12-14)20(16)3/h14-17,19H,4-13H2,1-3H3.